The van der Waals surface area contributed by atoms with E-state index in [-0.39, 0.29) is 36.8 Å². The quantitative estimate of drug-likeness (QED) is 0.693. The standard InChI is InChI=1S/C15H20F3N5O3S/c1-9-11(5-6-12(24)19-7-4-8-27(3,25)26)10(2)23-14(20-9)21-13(22-23)15(16,17)18/h4-8H2,1-3H3,(H,19,24). The molecule has 0 aliphatic rings. The van der Waals surface area contributed by atoms with Gasteiger partial charge in [-0.2, -0.15) is 18.2 Å². The number of halogens is 3. The molecule has 2 rings (SSSR count). The maximum absolute atomic E-state index is 12.8. The Bertz CT molecular complexity index is 954. The minimum atomic E-state index is -4.67. The first-order chi connectivity index (χ1) is 12.4. The molecule has 0 aliphatic carbocycles. The molecule has 2 aromatic heterocycles. The molecule has 0 spiro atoms. The molecule has 0 bridgehead atoms. The van der Waals surface area contributed by atoms with Gasteiger partial charge in [-0.05, 0) is 32.3 Å². The zero-order valence-corrected chi connectivity index (χ0v) is 15.9. The maximum atomic E-state index is 12.8. The van der Waals surface area contributed by atoms with E-state index in [9.17, 15) is 26.4 Å². The predicted octanol–water partition coefficient (Wildman–Crippen LogP) is 1.24. The van der Waals surface area contributed by atoms with Crippen LogP contribution in [0.3, 0.4) is 0 Å². The Morgan fingerprint density at radius 1 is 1.22 bits per heavy atom. The summed E-state index contributed by atoms with van der Waals surface area (Å²) < 4.78 is 61.4. The van der Waals surface area contributed by atoms with Gasteiger partial charge in [0.05, 0.1) is 5.75 Å². The second kappa shape index (κ2) is 7.79. The Kier molecular flexibility index (Phi) is 6.07. The molecule has 0 atom stereocenters. The van der Waals surface area contributed by atoms with Crippen LogP contribution in [0.5, 0.6) is 0 Å². The molecule has 0 aromatic carbocycles. The Labute approximate surface area is 154 Å². The van der Waals surface area contributed by atoms with Crippen molar-refractivity contribution < 1.29 is 26.4 Å². The van der Waals surface area contributed by atoms with Gasteiger partial charge in [0.25, 0.3) is 11.6 Å². The Morgan fingerprint density at radius 3 is 2.48 bits per heavy atom. The number of aryl methyl sites for hydroxylation is 2. The minimum absolute atomic E-state index is 0.0140. The second-order valence-corrected chi connectivity index (χ2v) is 8.50. The van der Waals surface area contributed by atoms with Gasteiger partial charge in [0, 0.05) is 30.6 Å². The molecule has 1 amide bonds. The van der Waals surface area contributed by atoms with E-state index in [4.69, 9.17) is 0 Å². The van der Waals surface area contributed by atoms with Crippen LogP contribution in [0.15, 0.2) is 0 Å². The van der Waals surface area contributed by atoms with E-state index < -0.39 is 21.8 Å². The van der Waals surface area contributed by atoms with Gasteiger partial charge in [0.2, 0.25) is 5.91 Å². The summed E-state index contributed by atoms with van der Waals surface area (Å²) in [6.07, 6.45) is -2.87. The third kappa shape index (κ3) is 5.62. The summed E-state index contributed by atoms with van der Waals surface area (Å²) in [5.74, 6) is -1.71. The Balaban J connectivity index is 2.05. The molecule has 1 N–H and O–H groups in total. The number of carbonyl (C=O) groups excluding carboxylic acids is 1. The minimum Gasteiger partial charge on any atom is -0.356 e. The van der Waals surface area contributed by atoms with Crippen molar-refractivity contribution in [2.45, 2.75) is 39.3 Å². The van der Waals surface area contributed by atoms with Crippen LogP contribution in [0.1, 0.15) is 35.6 Å². The van der Waals surface area contributed by atoms with E-state index in [1.165, 1.54) is 0 Å². The molecule has 0 unspecified atom stereocenters. The van der Waals surface area contributed by atoms with E-state index in [1.54, 1.807) is 13.8 Å². The predicted molar refractivity (Wildman–Crippen MR) is 90.9 cm³/mol. The fraction of sp³-hybridized carbons (Fsp3) is 0.600. The molecule has 0 saturated carbocycles. The second-order valence-electron chi connectivity index (χ2n) is 6.24. The van der Waals surface area contributed by atoms with Crippen molar-refractivity contribution in [3.05, 3.63) is 22.8 Å². The van der Waals surface area contributed by atoms with Gasteiger partial charge in [-0.3, -0.25) is 4.79 Å². The lowest BCUT2D eigenvalue weighted by molar-refractivity contribution is -0.144. The molecular weight excluding hydrogens is 387 g/mol. The average molecular weight is 407 g/mol. The molecule has 2 aromatic rings. The number of hydrogen-bond acceptors (Lipinski definition) is 6. The summed E-state index contributed by atoms with van der Waals surface area (Å²) in [4.78, 5) is 19.3. The van der Waals surface area contributed by atoms with Crippen molar-refractivity contribution in [2.75, 3.05) is 18.6 Å². The van der Waals surface area contributed by atoms with Crippen LogP contribution in [0.4, 0.5) is 13.2 Å². The number of alkyl halides is 3. The van der Waals surface area contributed by atoms with Crippen molar-refractivity contribution in [1.82, 2.24) is 24.9 Å². The first-order valence-corrected chi connectivity index (χ1v) is 10.2. The largest absolute Gasteiger partial charge is 0.453 e. The molecule has 0 radical (unpaired) electrons. The lowest BCUT2D eigenvalue weighted by atomic mass is 10.1. The van der Waals surface area contributed by atoms with E-state index in [1.807, 2.05) is 0 Å². The summed E-state index contributed by atoms with van der Waals surface area (Å²) in [5, 5.41) is 6.07. The SMILES string of the molecule is Cc1nc2nc(C(F)(F)F)nn2c(C)c1CCC(=O)NCCCS(C)(=O)=O. The maximum Gasteiger partial charge on any atom is 0.453 e. The molecule has 8 nitrogen and oxygen atoms in total. The van der Waals surface area contributed by atoms with Crippen molar-refractivity contribution >= 4 is 21.5 Å². The van der Waals surface area contributed by atoms with E-state index in [2.05, 4.69) is 20.4 Å². The number of amides is 1. The average Bonchev–Trinajstić information content (AvgIpc) is 2.94. The number of rotatable bonds is 7. The highest BCUT2D eigenvalue weighted by Crippen LogP contribution is 2.27. The lowest BCUT2D eigenvalue weighted by Gasteiger charge is -2.10. The highest BCUT2D eigenvalue weighted by Gasteiger charge is 2.36. The van der Waals surface area contributed by atoms with Crippen LogP contribution >= 0.6 is 0 Å². The van der Waals surface area contributed by atoms with Crippen LogP contribution < -0.4 is 5.32 Å². The van der Waals surface area contributed by atoms with Gasteiger partial charge >= 0.3 is 6.18 Å². The summed E-state index contributed by atoms with van der Waals surface area (Å²) in [6, 6.07) is 0. The van der Waals surface area contributed by atoms with E-state index in [0.29, 0.717) is 23.4 Å². The number of nitrogens with zero attached hydrogens (tertiary/aromatic N) is 4. The van der Waals surface area contributed by atoms with Crippen LogP contribution in [0.25, 0.3) is 5.78 Å². The summed E-state index contributed by atoms with van der Waals surface area (Å²) in [7, 11) is -3.07. The summed E-state index contributed by atoms with van der Waals surface area (Å²) in [5.41, 5.74) is 1.53. The normalized spacial score (nSPS) is 12.5. The highest BCUT2D eigenvalue weighted by molar-refractivity contribution is 7.90. The van der Waals surface area contributed by atoms with E-state index >= 15 is 0 Å². The van der Waals surface area contributed by atoms with Crippen molar-refractivity contribution in [2.24, 2.45) is 0 Å². The topological polar surface area (TPSA) is 106 Å². The molecule has 0 saturated heterocycles. The van der Waals surface area contributed by atoms with Gasteiger partial charge in [-0.15, -0.1) is 5.10 Å². The van der Waals surface area contributed by atoms with Crippen LogP contribution in [-0.4, -0.2) is 52.5 Å². The number of carbonyl (C=O) groups is 1. The fourth-order valence-electron chi connectivity index (χ4n) is 2.58. The molecule has 27 heavy (non-hydrogen) atoms. The van der Waals surface area contributed by atoms with E-state index in [0.717, 1.165) is 10.8 Å². The number of aromatic nitrogens is 4. The monoisotopic (exact) mass is 407 g/mol. The highest BCUT2D eigenvalue weighted by atomic mass is 32.2. The molecular formula is C15H20F3N5O3S. The van der Waals surface area contributed by atoms with Crippen LogP contribution in [-0.2, 0) is 27.2 Å². The van der Waals surface area contributed by atoms with Crippen molar-refractivity contribution in [1.29, 1.82) is 0 Å². The summed E-state index contributed by atoms with van der Waals surface area (Å²) >= 11 is 0. The van der Waals surface area contributed by atoms with Crippen molar-refractivity contribution in [3.8, 4) is 0 Å². The Hall–Kier alpha value is -2.24. The third-order valence-corrected chi connectivity index (χ3v) is 4.95. The van der Waals surface area contributed by atoms with Crippen LogP contribution in [0.2, 0.25) is 0 Å². The lowest BCUT2D eigenvalue weighted by Crippen LogP contribution is -2.26. The zero-order chi connectivity index (χ0) is 20.4. The number of hydrogen-bond donors (Lipinski definition) is 1. The number of nitrogens with one attached hydrogen (secondary N) is 1. The first-order valence-electron chi connectivity index (χ1n) is 8.13. The fourth-order valence-corrected chi connectivity index (χ4v) is 3.25. The van der Waals surface area contributed by atoms with Crippen LogP contribution in [0, 0.1) is 13.8 Å². The summed E-state index contributed by atoms with van der Waals surface area (Å²) in [6.45, 7) is 3.46. The smallest absolute Gasteiger partial charge is 0.356 e. The molecule has 150 valence electrons. The third-order valence-electron chi connectivity index (χ3n) is 3.92. The first kappa shape index (κ1) is 21.1. The molecule has 2 heterocycles. The van der Waals surface area contributed by atoms with Gasteiger partial charge in [0.1, 0.15) is 9.84 Å². The van der Waals surface area contributed by atoms with Gasteiger partial charge in [-0.25, -0.2) is 17.9 Å². The Morgan fingerprint density at radius 2 is 1.89 bits per heavy atom. The number of fused-ring (bicyclic) bond motifs is 1. The zero-order valence-electron chi connectivity index (χ0n) is 15.1. The molecule has 0 aliphatic heterocycles. The van der Waals surface area contributed by atoms with Gasteiger partial charge in [0.15, 0.2) is 0 Å². The van der Waals surface area contributed by atoms with Gasteiger partial charge in [-0.1, -0.05) is 0 Å². The van der Waals surface area contributed by atoms with Gasteiger partial charge < -0.3 is 5.32 Å². The molecule has 0 fully saturated rings. The number of sulfone groups is 1. The van der Waals surface area contributed by atoms with Crippen molar-refractivity contribution in [3.63, 3.8) is 0 Å². The molecule has 12 heteroatoms.